The van der Waals surface area contributed by atoms with Crippen LogP contribution in [0.25, 0.3) is 0 Å². The van der Waals surface area contributed by atoms with Crippen LogP contribution < -0.4 is 0 Å². The number of ether oxygens (including phenoxy) is 1. The summed E-state index contributed by atoms with van der Waals surface area (Å²) in [5, 5.41) is 9.71. The summed E-state index contributed by atoms with van der Waals surface area (Å²) in [6, 6.07) is 0. The molecule has 1 atom stereocenters. The first-order chi connectivity index (χ1) is 11.7. The zero-order valence-corrected chi connectivity index (χ0v) is 15.1. The van der Waals surface area contributed by atoms with Crippen molar-refractivity contribution >= 4 is 5.97 Å². The number of carbonyl (C=O) groups excluding carboxylic acids is 1. The summed E-state index contributed by atoms with van der Waals surface area (Å²) >= 11 is 0. The maximum absolute atomic E-state index is 11.4. The van der Waals surface area contributed by atoms with Crippen molar-refractivity contribution in [3.63, 3.8) is 0 Å². The minimum atomic E-state index is -0.936. The molecule has 0 saturated carbocycles. The van der Waals surface area contributed by atoms with E-state index in [9.17, 15) is 9.90 Å². The monoisotopic (exact) mass is 334 g/mol. The topological polar surface area (TPSA) is 46.5 Å². The summed E-state index contributed by atoms with van der Waals surface area (Å²) in [4.78, 5) is 11.4. The molecule has 1 aliphatic rings. The Labute approximate surface area is 147 Å². The van der Waals surface area contributed by atoms with E-state index in [1.54, 1.807) is 6.08 Å². The molecule has 0 spiro atoms. The lowest BCUT2D eigenvalue weighted by Gasteiger charge is -2.02. The largest absolute Gasteiger partial charge is 0.425 e. The van der Waals surface area contributed by atoms with Crippen molar-refractivity contribution in [2.24, 2.45) is 0 Å². The van der Waals surface area contributed by atoms with E-state index in [0.29, 0.717) is 5.57 Å². The molecular weight excluding hydrogens is 300 g/mol. The van der Waals surface area contributed by atoms with Crippen LogP contribution in [0, 0.1) is 0 Å². The Morgan fingerprint density at radius 3 is 1.75 bits per heavy atom. The highest BCUT2D eigenvalue weighted by Gasteiger charge is 2.32. The number of esters is 1. The third-order valence-corrected chi connectivity index (χ3v) is 4.54. The number of aliphatic hydroxyl groups is 1. The average molecular weight is 335 g/mol. The lowest BCUT2D eigenvalue weighted by molar-refractivity contribution is -0.132. The standard InChI is InChI=1S/C21H34O3/c1-3-4-5-6-7-8-9-10-11-12-13-14-15-16-17-19-20(22)18(2)24-21(19)23/h3,17,20,22H,1-2,4-16H2. The Kier molecular flexibility index (Phi) is 11.2. The van der Waals surface area contributed by atoms with E-state index in [0.717, 1.165) is 19.3 Å². The molecular formula is C21H34O3. The smallest absolute Gasteiger partial charge is 0.341 e. The summed E-state index contributed by atoms with van der Waals surface area (Å²) in [7, 11) is 0. The molecule has 1 saturated heterocycles. The number of unbranched alkanes of at least 4 members (excludes halogenated alkanes) is 12. The molecule has 1 rings (SSSR count). The number of allylic oxidation sites excluding steroid dienone is 2. The van der Waals surface area contributed by atoms with Gasteiger partial charge in [0.2, 0.25) is 0 Å². The van der Waals surface area contributed by atoms with Crippen molar-refractivity contribution in [1.29, 1.82) is 0 Å². The Hall–Kier alpha value is -1.35. The highest BCUT2D eigenvalue weighted by Crippen LogP contribution is 2.23. The molecule has 1 heterocycles. The number of carbonyl (C=O) groups is 1. The molecule has 136 valence electrons. The van der Waals surface area contributed by atoms with E-state index >= 15 is 0 Å². The third kappa shape index (κ3) is 8.49. The predicted octanol–water partition coefficient (Wildman–Crippen LogP) is 5.60. The molecule has 0 aromatic rings. The van der Waals surface area contributed by atoms with Gasteiger partial charge < -0.3 is 9.84 Å². The molecule has 1 N–H and O–H groups in total. The molecule has 0 aliphatic carbocycles. The van der Waals surface area contributed by atoms with Crippen LogP contribution in [-0.2, 0) is 9.53 Å². The van der Waals surface area contributed by atoms with Crippen LogP contribution in [0.5, 0.6) is 0 Å². The van der Waals surface area contributed by atoms with Crippen molar-refractivity contribution in [1.82, 2.24) is 0 Å². The molecule has 3 nitrogen and oxygen atoms in total. The number of hydrogen-bond acceptors (Lipinski definition) is 3. The SMILES string of the molecule is C=CCCCCCCCCCCCCCC=C1C(=O)OC(=C)C1O. The lowest BCUT2D eigenvalue weighted by Crippen LogP contribution is -2.07. The van der Waals surface area contributed by atoms with E-state index < -0.39 is 12.1 Å². The van der Waals surface area contributed by atoms with Gasteiger partial charge in [-0.1, -0.05) is 76.5 Å². The molecule has 0 aromatic carbocycles. The molecule has 0 amide bonds. The van der Waals surface area contributed by atoms with E-state index in [1.807, 2.05) is 6.08 Å². The number of cyclic esters (lactones) is 1. The first-order valence-electron chi connectivity index (χ1n) is 9.56. The molecule has 1 unspecified atom stereocenters. The van der Waals surface area contributed by atoms with Crippen LogP contribution >= 0.6 is 0 Å². The van der Waals surface area contributed by atoms with E-state index in [2.05, 4.69) is 13.2 Å². The molecule has 0 radical (unpaired) electrons. The van der Waals surface area contributed by atoms with Crippen molar-refractivity contribution in [2.75, 3.05) is 0 Å². The molecule has 1 fully saturated rings. The summed E-state index contributed by atoms with van der Waals surface area (Å²) in [5.74, 6) is -0.302. The summed E-state index contributed by atoms with van der Waals surface area (Å²) in [6.45, 7) is 7.26. The predicted molar refractivity (Wildman–Crippen MR) is 99.5 cm³/mol. The number of aliphatic hydroxyl groups excluding tert-OH is 1. The minimum absolute atomic E-state index is 0.145. The van der Waals surface area contributed by atoms with Gasteiger partial charge in [-0.2, -0.15) is 0 Å². The third-order valence-electron chi connectivity index (χ3n) is 4.54. The molecule has 0 bridgehead atoms. The van der Waals surface area contributed by atoms with E-state index in [1.165, 1.54) is 64.2 Å². The quantitative estimate of drug-likeness (QED) is 0.195. The van der Waals surface area contributed by atoms with Gasteiger partial charge in [-0.15, -0.1) is 6.58 Å². The Morgan fingerprint density at radius 2 is 1.33 bits per heavy atom. The minimum Gasteiger partial charge on any atom is -0.425 e. The number of rotatable bonds is 14. The second-order valence-corrected chi connectivity index (χ2v) is 6.67. The molecule has 1 aliphatic heterocycles. The average Bonchev–Trinajstić information content (AvgIpc) is 2.81. The van der Waals surface area contributed by atoms with Crippen LogP contribution in [0.2, 0.25) is 0 Å². The zero-order valence-electron chi connectivity index (χ0n) is 15.1. The fourth-order valence-corrected chi connectivity index (χ4v) is 3.00. The lowest BCUT2D eigenvalue weighted by atomic mass is 10.0. The van der Waals surface area contributed by atoms with Crippen molar-refractivity contribution in [2.45, 2.75) is 89.6 Å². The van der Waals surface area contributed by atoms with Gasteiger partial charge in [0.05, 0.1) is 5.57 Å². The van der Waals surface area contributed by atoms with Crippen LogP contribution in [0.1, 0.15) is 83.5 Å². The molecule has 24 heavy (non-hydrogen) atoms. The Bertz CT molecular complexity index is 423. The fraction of sp³-hybridized carbons (Fsp3) is 0.667. The van der Waals surface area contributed by atoms with Gasteiger partial charge in [-0.3, -0.25) is 0 Å². The van der Waals surface area contributed by atoms with Crippen LogP contribution in [-0.4, -0.2) is 17.2 Å². The summed E-state index contributed by atoms with van der Waals surface area (Å²) in [5.41, 5.74) is 0.355. The van der Waals surface area contributed by atoms with Gasteiger partial charge >= 0.3 is 5.97 Å². The van der Waals surface area contributed by atoms with Gasteiger partial charge in [0, 0.05) is 0 Å². The Morgan fingerprint density at radius 1 is 0.875 bits per heavy atom. The summed E-state index contributed by atoms with van der Waals surface area (Å²) < 4.78 is 4.80. The second-order valence-electron chi connectivity index (χ2n) is 6.67. The highest BCUT2D eigenvalue weighted by molar-refractivity contribution is 5.93. The van der Waals surface area contributed by atoms with Gasteiger partial charge in [-0.25, -0.2) is 4.79 Å². The van der Waals surface area contributed by atoms with E-state index in [4.69, 9.17) is 4.74 Å². The molecule has 0 aromatic heterocycles. The highest BCUT2D eigenvalue weighted by atomic mass is 16.6. The van der Waals surface area contributed by atoms with Crippen LogP contribution in [0.15, 0.2) is 36.6 Å². The van der Waals surface area contributed by atoms with E-state index in [-0.39, 0.29) is 5.76 Å². The van der Waals surface area contributed by atoms with Gasteiger partial charge in [0.1, 0.15) is 11.9 Å². The fourth-order valence-electron chi connectivity index (χ4n) is 3.00. The van der Waals surface area contributed by atoms with Gasteiger partial charge in [0.15, 0.2) is 0 Å². The van der Waals surface area contributed by atoms with Crippen LogP contribution in [0.3, 0.4) is 0 Å². The maximum Gasteiger partial charge on any atom is 0.341 e. The van der Waals surface area contributed by atoms with Crippen molar-refractivity contribution in [3.8, 4) is 0 Å². The van der Waals surface area contributed by atoms with Crippen molar-refractivity contribution < 1.29 is 14.6 Å². The normalized spacial score (nSPS) is 19.0. The Balaban J connectivity index is 1.88. The van der Waals surface area contributed by atoms with Crippen LogP contribution in [0.4, 0.5) is 0 Å². The first-order valence-corrected chi connectivity index (χ1v) is 9.56. The second kappa shape index (κ2) is 13.0. The van der Waals surface area contributed by atoms with Gasteiger partial charge in [-0.05, 0) is 25.7 Å². The first kappa shape index (κ1) is 20.7. The van der Waals surface area contributed by atoms with Gasteiger partial charge in [0.25, 0.3) is 0 Å². The number of hydrogen-bond donors (Lipinski definition) is 1. The maximum atomic E-state index is 11.4. The molecule has 3 heteroatoms. The summed E-state index contributed by atoms with van der Waals surface area (Å²) in [6.07, 6.45) is 19.1. The zero-order chi connectivity index (χ0) is 17.6. The van der Waals surface area contributed by atoms with Crippen molar-refractivity contribution in [3.05, 3.63) is 36.6 Å².